The van der Waals surface area contributed by atoms with E-state index in [-0.39, 0.29) is 5.69 Å². The Bertz CT molecular complexity index is 482. The van der Waals surface area contributed by atoms with Crippen LogP contribution in [0, 0.1) is 13.8 Å². The Labute approximate surface area is 73.2 Å². The molecule has 0 amide bonds. The van der Waals surface area contributed by atoms with Gasteiger partial charge in [0.05, 0.1) is 5.69 Å². The first-order chi connectivity index (χ1) is 6.09. The number of carboxylic acid groups (broad SMARTS) is 1. The van der Waals surface area contributed by atoms with Gasteiger partial charge < -0.3 is 5.11 Å². The van der Waals surface area contributed by atoms with Crippen LogP contribution in [0.1, 0.15) is 22.0 Å². The molecule has 0 aliphatic heterocycles. The lowest BCUT2D eigenvalue weighted by atomic mass is 10.3. The van der Waals surface area contributed by atoms with Gasteiger partial charge in [-0.2, -0.15) is 4.98 Å². The molecule has 2 aromatic heterocycles. The molecule has 0 saturated carbocycles. The smallest absolute Gasteiger partial charge is 0.356 e. The fourth-order valence-corrected chi connectivity index (χ4v) is 1.28. The maximum atomic E-state index is 10.8. The molecule has 2 rings (SSSR count). The molecule has 0 saturated heterocycles. The summed E-state index contributed by atoms with van der Waals surface area (Å²) >= 11 is 0. The molecule has 2 heterocycles. The van der Waals surface area contributed by atoms with E-state index in [2.05, 4.69) is 15.1 Å². The molecule has 0 unspecified atom stereocenters. The Morgan fingerprint density at radius 2 is 2.15 bits per heavy atom. The fraction of sp³-hybridized carbons (Fsp3) is 0.286. The van der Waals surface area contributed by atoms with Gasteiger partial charge in [-0.25, -0.2) is 14.3 Å². The van der Waals surface area contributed by atoms with Crippen LogP contribution in [0.2, 0.25) is 0 Å². The lowest BCUT2D eigenvalue weighted by Gasteiger charge is -1.91. The zero-order valence-corrected chi connectivity index (χ0v) is 7.20. The Kier molecular flexibility index (Phi) is 1.39. The maximum absolute atomic E-state index is 10.8. The van der Waals surface area contributed by atoms with Crippen molar-refractivity contribution in [3.8, 4) is 0 Å². The average molecular weight is 180 g/mol. The number of rotatable bonds is 1. The van der Waals surface area contributed by atoms with Crippen molar-refractivity contribution in [3.05, 3.63) is 17.2 Å². The van der Waals surface area contributed by atoms with Crippen LogP contribution in [0.5, 0.6) is 0 Å². The van der Waals surface area contributed by atoms with Crippen LogP contribution in [0.15, 0.2) is 0 Å². The number of aromatic nitrogens is 4. The number of aromatic carboxylic acids is 1. The van der Waals surface area contributed by atoms with Gasteiger partial charge in [0.25, 0.3) is 5.78 Å². The van der Waals surface area contributed by atoms with E-state index in [1.165, 1.54) is 4.52 Å². The zero-order valence-electron chi connectivity index (χ0n) is 7.20. The lowest BCUT2D eigenvalue weighted by Crippen LogP contribution is -2.04. The fourth-order valence-electron chi connectivity index (χ4n) is 1.28. The van der Waals surface area contributed by atoms with Crippen LogP contribution in [0.3, 0.4) is 0 Å². The van der Waals surface area contributed by atoms with E-state index in [9.17, 15) is 4.79 Å². The number of hydrogen-bond donors (Lipinski definition) is 2. The molecule has 0 fully saturated rings. The second kappa shape index (κ2) is 2.32. The van der Waals surface area contributed by atoms with Crippen molar-refractivity contribution in [2.75, 3.05) is 0 Å². The van der Waals surface area contributed by atoms with Crippen molar-refractivity contribution in [1.29, 1.82) is 0 Å². The van der Waals surface area contributed by atoms with E-state index in [1.54, 1.807) is 13.8 Å². The molecular weight excluding hydrogens is 172 g/mol. The molecule has 2 N–H and O–H groups in total. The van der Waals surface area contributed by atoms with Crippen molar-refractivity contribution in [2.45, 2.75) is 13.8 Å². The molecule has 0 bridgehead atoms. The van der Waals surface area contributed by atoms with Gasteiger partial charge in [-0.1, -0.05) is 0 Å². The zero-order chi connectivity index (χ0) is 9.59. The molecule has 6 heteroatoms. The third kappa shape index (κ3) is 0.986. The summed E-state index contributed by atoms with van der Waals surface area (Å²) in [6.45, 7) is 3.39. The molecule has 0 aliphatic rings. The second-order valence-electron chi connectivity index (χ2n) is 2.80. The number of carbonyl (C=O) groups is 1. The molecule has 2 aromatic rings. The predicted molar refractivity (Wildman–Crippen MR) is 43.8 cm³/mol. The second-order valence-corrected chi connectivity index (χ2v) is 2.80. The van der Waals surface area contributed by atoms with E-state index in [0.29, 0.717) is 17.3 Å². The first-order valence-electron chi connectivity index (χ1n) is 3.74. The number of aromatic amines is 1. The van der Waals surface area contributed by atoms with Gasteiger partial charge in [-0.05, 0) is 13.8 Å². The Balaban J connectivity index is 2.83. The molecule has 13 heavy (non-hydrogen) atoms. The first-order valence-corrected chi connectivity index (χ1v) is 3.74. The minimum Gasteiger partial charge on any atom is -0.476 e. The van der Waals surface area contributed by atoms with E-state index in [4.69, 9.17) is 5.11 Å². The summed E-state index contributed by atoms with van der Waals surface area (Å²) < 4.78 is 1.37. The van der Waals surface area contributed by atoms with Gasteiger partial charge in [0.15, 0.2) is 5.69 Å². The Hall–Kier alpha value is -1.85. The number of nitrogens with one attached hydrogen (secondary N) is 1. The number of hydrogen-bond acceptors (Lipinski definition) is 3. The molecule has 6 nitrogen and oxygen atoms in total. The molecular formula is C7H8N4O2. The number of carboxylic acids is 1. The summed E-state index contributed by atoms with van der Waals surface area (Å²) in [5.74, 6) is 0.0334. The number of nitrogens with zero attached hydrogens (tertiary/aromatic N) is 3. The molecule has 0 aliphatic carbocycles. The standard InChI is InChI=1S/C7H8N4O2/c1-3-5(6(12)13)11-7(8-3)9-4(2)10-11/h1-2H3,(H,12,13)(H,8,9,10). The average Bonchev–Trinajstić information content (AvgIpc) is 2.41. The molecule has 0 spiro atoms. The van der Waals surface area contributed by atoms with Crippen LogP contribution in [0.25, 0.3) is 5.78 Å². The highest BCUT2D eigenvalue weighted by Crippen LogP contribution is 2.09. The van der Waals surface area contributed by atoms with Crippen molar-refractivity contribution in [1.82, 2.24) is 19.6 Å². The van der Waals surface area contributed by atoms with E-state index in [0.717, 1.165) is 0 Å². The van der Waals surface area contributed by atoms with Gasteiger partial charge in [-0.15, -0.1) is 0 Å². The predicted octanol–water partition coefficient (Wildman–Crippen LogP) is 0.372. The highest BCUT2D eigenvalue weighted by molar-refractivity contribution is 5.87. The topological polar surface area (TPSA) is 83.3 Å². The van der Waals surface area contributed by atoms with Crippen LogP contribution in [0.4, 0.5) is 0 Å². The van der Waals surface area contributed by atoms with E-state index < -0.39 is 5.97 Å². The first kappa shape index (κ1) is 7.78. The molecule has 0 radical (unpaired) electrons. The summed E-state index contributed by atoms with van der Waals surface area (Å²) in [6, 6.07) is 0. The third-order valence-electron chi connectivity index (χ3n) is 1.78. The quantitative estimate of drug-likeness (QED) is 0.664. The number of fused-ring (bicyclic) bond motifs is 1. The van der Waals surface area contributed by atoms with Gasteiger partial charge in [-0.3, -0.25) is 5.10 Å². The summed E-state index contributed by atoms with van der Waals surface area (Å²) in [4.78, 5) is 18.8. The summed E-state index contributed by atoms with van der Waals surface area (Å²) in [7, 11) is 0. The van der Waals surface area contributed by atoms with Crippen LogP contribution >= 0.6 is 0 Å². The minimum atomic E-state index is -1.01. The van der Waals surface area contributed by atoms with Gasteiger partial charge in [0.2, 0.25) is 0 Å². The van der Waals surface area contributed by atoms with Crippen LogP contribution in [-0.4, -0.2) is 30.7 Å². The van der Waals surface area contributed by atoms with E-state index in [1.807, 2.05) is 0 Å². The molecule has 0 atom stereocenters. The molecule has 0 aromatic carbocycles. The summed E-state index contributed by atoms with van der Waals surface area (Å²) in [5.41, 5.74) is 0.599. The van der Waals surface area contributed by atoms with Crippen molar-refractivity contribution in [2.24, 2.45) is 0 Å². The highest BCUT2D eigenvalue weighted by atomic mass is 16.4. The normalized spacial score (nSPS) is 10.9. The third-order valence-corrected chi connectivity index (χ3v) is 1.78. The number of H-pyrrole nitrogens is 1. The lowest BCUT2D eigenvalue weighted by molar-refractivity contribution is 0.0687. The van der Waals surface area contributed by atoms with Gasteiger partial charge in [0, 0.05) is 0 Å². The monoisotopic (exact) mass is 180 g/mol. The Morgan fingerprint density at radius 3 is 2.77 bits per heavy atom. The van der Waals surface area contributed by atoms with Gasteiger partial charge in [0.1, 0.15) is 5.82 Å². The SMILES string of the molecule is Cc1nc2nc(C)c(C(=O)O)n2[nH]1. The summed E-state index contributed by atoms with van der Waals surface area (Å²) in [6.07, 6.45) is 0. The number of imidazole rings is 1. The van der Waals surface area contributed by atoms with Crippen LogP contribution in [-0.2, 0) is 0 Å². The molecule has 68 valence electrons. The van der Waals surface area contributed by atoms with E-state index >= 15 is 0 Å². The largest absolute Gasteiger partial charge is 0.476 e. The summed E-state index contributed by atoms with van der Waals surface area (Å²) in [5, 5.41) is 11.6. The maximum Gasteiger partial charge on any atom is 0.356 e. The number of aryl methyl sites for hydroxylation is 2. The minimum absolute atomic E-state index is 0.135. The van der Waals surface area contributed by atoms with Crippen molar-refractivity contribution >= 4 is 11.7 Å². The highest BCUT2D eigenvalue weighted by Gasteiger charge is 2.17. The Morgan fingerprint density at radius 1 is 1.46 bits per heavy atom. The van der Waals surface area contributed by atoms with Gasteiger partial charge >= 0.3 is 5.97 Å². The van der Waals surface area contributed by atoms with Crippen molar-refractivity contribution in [3.63, 3.8) is 0 Å². The van der Waals surface area contributed by atoms with Crippen LogP contribution < -0.4 is 0 Å². The van der Waals surface area contributed by atoms with Crippen molar-refractivity contribution < 1.29 is 9.90 Å².